The van der Waals surface area contributed by atoms with Gasteiger partial charge in [-0.15, -0.1) is 24.0 Å². The monoisotopic (exact) mass is 471 g/mol. The lowest BCUT2D eigenvalue weighted by atomic mass is 10.2. The molecule has 0 amide bonds. The highest BCUT2D eigenvalue weighted by Gasteiger charge is 2.22. The zero-order valence-corrected chi connectivity index (χ0v) is 17.7. The number of ether oxygens (including phenoxy) is 1. The molecule has 1 aromatic carbocycles. The number of hydrogen-bond acceptors (Lipinski definition) is 3. The van der Waals surface area contributed by atoms with Crippen molar-refractivity contribution in [3.8, 4) is 5.75 Å². The van der Waals surface area contributed by atoms with E-state index in [1.165, 1.54) is 24.0 Å². The second kappa shape index (κ2) is 10.7. The van der Waals surface area contributed by atoms with Crippen molar-refractivity contribution < 1.29 is 4.74 Å². The normalized spacial score (nSPS) is 13.9. The van der Waals surface area contributed by atoms with Gasteiger partial charge in [0.25, 0.3) is 0 Å². The highest BCUT2D eigenvalue weighted by Crippen LogP contribution is 2.30. The molecule has 1 aliphatic carbocycles. The van der Waals surface area contributed by atoms with Crippen LogP contribution in [0, 0.1) is 5.92 Å². The van der Waals surface area contributed by atoms with Crippen molar-refractivity contribution >= 4 is 41.3 Å². The van der Waals surface area contributed by atoms with Gasteiger partial charge in [0.1, 0.15) is 5.75 Å². The molecule has 6 heteroatoms. The topological polar surface area (TPSA) is 45.7 Å². The third-order valence-electron chi connectivity index (χ3n) is 3.93. The Hall–Kier alpha value is -1.28. The minimum atomic E-state index is 0. The lowest BCUT2D eigenvalue weighted by Gasteiger charge is -2.14. The van der Waals surface area contributed by atoms with Gasteiger partial charge in [0.2, 0.25) is 0 Å². The van der Waals surface area contributed by atoms with Crippen LogP contribution in [0.15, 0.2) is 46.1 Å². The van der Waals surface area contributed by atoms with E-state index in [-0.39, 0.29) is 24.0 Å². The van der Waals surface area contributed by atoms with Gasteiger partial charge in [-0.3, -0.25) is 0 Å². The van der Waals surface area contributed by atoms with Crippen molar-refractivity contribution in [2.45, 2.75) is 32.9 Å². The maximum absolute atomic E-state index is 5.97. The van der Waals surface area contributed by atoms with E-state index in [4.69, 9.17) is 4.74 Å². The number of hydrogen-bond donors (Lipinski definition) is 2. The van der Waals surface area contributed by atoms with Gasteiger partial charge in [-0.1, -0.05) is 18.2 Å². The second-order valence-electron chi connectivity index (χ2n) is 6.04. The van der Waals surface area contributed by atoms with Gasteiger partial charge in [0, 0.05) is 18.7 Å². The number of nitrogens with zero attached hydrogens (tertiary/aromatic N) is 1. The molecule has 0 aliphatic heterocycles. The molecule has 1 aliphatic rings. The number of thiophene rings is 1. The molecule has 1 aromatic heterocycles. The summed E-state index contributed by atoms with van der Waals surface area (Å²) in [6.07, 6.45) is 2.61. The van der Waals surface area contributed by atoms with Crippen LogP contribution in [0.3, 0.4) is 0 Å². The minimum Gasteiger partial charge on any atom is -0.493 e. The lowest BCUT2D eigenvalue weighted by molar-refractivity contribution is 0.296. The fourth-order valence-electron chi connectivity index (χ4n) is 2.36. The number of halogens is 1. The van der Waals surface area contributed by atoms with Gasteiger partial charge in [0.15, 0.2) is 5.96 Å². The highest BCUT2D eigenvalue weighted by atomic mass is 127. The Morgan fingerprint density at radius 3 is 2.80 bits per heavy atom. The highest BCUT2D eigenvalue weighted by molar-refractivity contribution is 14.0. The van der Waals surface area contributed by atoms with Crippen molar-refractivity contribution in [3.63, 3.8) is 0 Å². The molecule has 0 unspecified atom stereocenters. The molecule has 0 atom stereocenters. The maximum atomic E-state index is 5.97. The van der Waals surface area contributed by atoms with Crippen molar-refractivity contribution in [1.82, 2.24) is 10.6 Å². The maximum Gasteiger partial charge on any atom is 0.191 e. The SMILES string of the molecule is CCNC(=NCc1ccsc1)NCc1ccccc1OCC1CC1.I. The Morgan fingerprint density at radius 1 is 1.24 bits per heavy atom. The average molecular weight is 471 g/mol. The minimum absolute atomic E-state index is 0. The van der Waals surface area contributed by atoms with Crippen LogP contribution in [0.4, 0.5) is 0 Å². The lowest BCUT2D eigenvalue weighted by Crippen LogP contribution is -2.36. The number of aliphatic imine (C=N–C) groups is 1. The quantitative estimate of drug-likeness (QED) is 0.341. The summed E-state index contributed by atoms with van der Waals surface area (Å²) in [5.41, 5.74) is 2.41. The Kier molecular flexibility index (Phi) is 8.54. The summed E-state index contributed by atoms with van der Waals surface area (Å²) in [4.78, 5) is 4.65. The van der Waals surface area contributed by atoms with Gasteiger partial charge < -0.3 is 15.4 Å². The smallest absolute Gasteiger partial charge is 0.191 e. The molecule has 0 spiro atoms. The predicted octanol–water partition coefficient (Wildman–Crippen LogP) is 4.41. The van der Waals surface area contributed by atoms with Crippen LogP contribution >= 0.6 is 35.3 Å². The third kappa shape index (κ3) is 6.86. The molecule has 1 saturated carbocycles. The second-order valence-corrected chi connectivity index (χ2v) is 6.82. The van der Waals surface area contributed by atoms with E-state index in [0.29, 0.717) is 13.1 Å². The predicted molar refractivity (Wildman–Crippen MR) is 116 cm³/mol. The van der Waals surface area contributed by atoms with E-state index in [9.17, 15) is 0 Å². The molecule has 0 bridgehead atoms. The molecule has 136 valence electrons. The third-order valence-corrected chi connectivity index (χ3v) is 4.67. The zero-order chi connectivity index (χ0) is 16.6. The number of nitrogens with one attached hydrogen (secondary N) is 2. The fourth-order valence-corrected chi connectivity index (χ4v) is 3.02. The van der Waals surface area contributed by atoms with Crippen LogP contribution in [-0.2, 0) is 13.1 Å². The molecule has 25 heavy (non-hydrogen) atoms. The summed E-state index contributed by atoms with van der Waals surface area (Å²) in [6.45, 7) is 5.15. The molecule has 0 radical (unpaired) electrons. The Labute approximate surface area is 171 Å². The van der Waals surface area contributed by atoms with E-state index in [1.807, 2.05) is 6.07 Å². The molecular weight excluding hydrogens is 445 g/mol. The zero-order valence-electron chi connectivity index (χ0n) is 14.5. The average Bonchev–Trinajstić information content (AvgIpc) is 3.29. The number of rotatable bonds is 8. The molecule has 3 rings (SSSR count). The summed E-state index contributed by atoms with van der Waals surface area (Å²) in [6, 6.07) is 10.4. The first-order valence-electron chi connectivity index (χ1n) is 8.59. The standard InChI is InChI=1S/C19H25N3OS.HI/c1-2-20-19(21-11-16-9-10-24-14-16)22-12-17-5-3-4-6-18(17)23-13-15-7-8-15;/h3-6,9-10,14-15H,2,7-8,11-13H2,1H3,(H2,20,21,22);1H. The molecule has 2 aromatic rings. The van der Waals surface area contributed by atoms with Crippen LogP contribution in [-0.4, -0.2) is 19.1 Å². The van der Waals surface area contributed by atoms with Crippen LogP contribution in [0.2, 0.25) is 0 Å². The van der Waals surface area contributed by atoms with E-state index in [0.717, 1.165) is 30.8 Å². The number of para-hydroxylation sites is 1. The largest absolute Gasteiger partial charge is 0.493 e. The van der Waals surface area contributed by atoms with E-state index >= 15 is 0 Å². The Balaban J connectivity index is 0.00000225. The van der Waals surface area contributed by atoms with Crippen LogP contribution in [0.1, 0.15) is 30.9 Å². The Morgan fingerprint density at radius 2 is 2.08 bits per heavy atom. The van der Waals surface area contributed by atoms with Gasteiger partial charge >= 0.3 is 0 Å². The van der Waals surface area contributed by atoms with Gasteiger partial charge in [-0.05, 0) is 54.1 Å². The van der Waals surface area contributed by atoms with Crippen molar-refractivity contribution in [2.75, 3.05) is 13.2 Å². The van der Waals surface area contributed by atoms with E-state index in [2.05, 4.69) is 57.6 Å². The van der Waals surface area contributed by atoms with Crippen molar-refractivity contribution in [2.24, 2.45) is 10.9 Å². The Bertz CT molecular complexity index is 656. The van der Waals surface area contributed by atoms with Gasteiger partial charge in [0.05, 0.1) is 13.2 Å². The summed E-state index contributed by atoms with van der Waals surface area (Å²) >= 11 is 1.70. The van der Waals surface area contributed by atoms with Crippen LogP contribution in [0.5, 0.6) is 5.75 Å². The van der Waals surface area contributed by atoms with Crippen LogP contribution in [0.25, 0.3) is 0 Å². The molecule has 2 N–H and O–H groups in total. The summed E-state index contributed by atoms with van der Waals surface area (Å²) in [7, 11) is 0. The molecule has 1 heterocycles. The number of benzene rings is 1. The fraction of sp³-hybridized carbons (Fsp3) is 0.421. The molecular formula is C19H26IN3OS. The molecule has 1 fully saturated rings. The van der Waals surface area contributed by atoms with Gasteiger partial charge in [-0.25, -0.2) is 4.99 Å². The number of guanidine groups is 1. The first kappa shape index (κ1) is 20.0. The van der Waals surface area contributed by atoms with Crippen molar-refractivity contribution in [1.29, 1.82) is 0 Å². The van der Waals surface area contributed by atoms with Gasteiger partial charge in [-0.2, -0.15) is 11.3 Å². The summed E-state index contributed by atoms with van der Waals surface area (Å²) in [5.74, 6) is 2.57. The molecule has 4 nitrogen and oxygen atoms in total. The summed E-state index contributed by atoms with van der Waals surface area (Å²) in [5, 5.41) is 10.9. The first-order chi connectivity index (χ1) is 11.8. The first-order valence-corrected chi connectivity index (χ1v) is 9.53. The van der Waals surface area contributed by atoms with E-state index in [1.54, 1.807) is 11.3 Å². The van der Waals surface area contributed by atoms with Crippen LogP contribution < -0.4 is 15.4 Å². The summed E-state index contributed by atoms with van der Waals surface area (Å²) < 4.78 is 5.97. The van der Waals surface area contributed by atoms with Crippen molar-refractivity contribution in [3.05, 3.63) is 52.2 Å². The molecule has 0 saturated heterocycles. The van der Waals surface area contributed by atoms with E-state index < -0.39 is 0 Å².